The molecule has 3 aliphatic rings. The number of nitrogens with one attached hydrogen (secondary N) is 1. The fraction of sp³-hybridized carbons (Fsp3) is 0.429. The summed E-state index contributed by atoms with van der Waals surface area (Å²) in [5.41, 5.74) is 16.7. The number of rotatable bonds is 11. The Morgan fingerprint density at radius 3 is 2.05 bits per heavy atom. The molecular formula is C35H44N4O3. The SMILES string of the molecule is COc1ccc(C(C)C)cc1CNC1C2CCN(C1C(c1ccccc1)c1ccccc1)C(C(C)C(N)=O)C2C(N)=O. The maximum atomic E-state index is 13.1. The quantitative estimate of drug-likeness (QED) is 0.318. The van der Waals surface area contributed by atoms with Crippen LogP contribution in [0.25, 0.3) is 0 Å². The van der Waals surface area contributed by atoms with E-state index in [-0.39, 0.29) is 35.9 Å². The Labute approximate surface area is 249 Å². The highest BCUT2D eigenvalue weighted by Gasteiger charge is 2.58. The van der Waals surface area contributed by atoms with Crippen molar-refractivity contribution in [2.24, 2.45) is 29.2 Å². The van der Waals surface area contributed by atoms with Crippen molar-refractivity contribution in [3.63, 3.8) is 0 Å². The second-order valence-corrected chi connectivity index (χ2v) is 12.2. The third-order valence-corrected chi connectivity index (χ3v) is 9.59. The van der Waals surface area contributed by atoms with E-state index >= 15 is 0 Å². The van der Waals surface area contributed by atoms with E-state index in [1.54, 1.807) is 7.11 Å². The first-order chi connectivity index (χ1) is 20.2. The van der Waals surface area contributed by atoms with Gasteiger partial charge in [0, 0.05) is 36.2 Å². The number of nitrogens with zero attached hydrogens (tertiary/aromatic N) is 1. The molecule has 5 N–H and O–H groups in total. The highest BCUT2D eigenvalue weighted by Crippen LogP contribution is 2.49. The average molecular weight is 569 g/mol. The van der Waals surface area contributed by atoms with Crippen LogP contribution < -0.4 is 21.5 Å². The lowest BCUT2D eigenvalue weighted by Gasteiger charge is -2.61. The monoisotopic (exact) mass is 568 g/mol. The van der Waals surface area contributed by atoms with Crippen molar-refractivity contribution < 1.29 is 14.3 Å². The van der Waals surface area contributed by atoms with Gasteiger partial charge in [0.15, 0.2) is 0 Å². The molecule has 7 heteroatoms. The van der Waals surface area contributed by atoms with Crippen LogP contribution in [0, 0.1) is 17.8 Å². The lowest BCUT2D eigenvalue weighted by atomic mass is 9.61. The number of primary amides is 2. The van der Waals surface area contributed by atoms with E-state index in [0.717, 1.165) is 24.3 Å². The van der Waals surface area contributed by atoms with Crippen LogP contribution in [0.2, 0.25) is 0 Å². The van der Waals surface area contributed by atoms with Gasteiger partial charge in [0.1, 0.15) is 5.75 Å². The van der Waals surface area contributed by atoms with Crippen LogP contribution in [-0.4, -0.2) is 48.5 Å². The van der Waals surface area contributed by atoms with Gasteiger partial charge in [0.05, 0.1) is 18.9 Å². The van der Waals surface area contributed by atoms with E-state index < -0.39 is 17.7 Å². The third-order valence-electron chi connectivity index (χ3n) is 9.59. The van der Waals surface area contributed by atoms with Gasteiger partial charge in [-0.3, -0.25) is 14.5 Å². The van der Waals surface area contributed by atoms with Crippen LogP contribution >= 0.6 is 0 Å². The Bertz CT molecular complexity index is 1340. The van der Waals surface area contributed by atoms with Crippen molar-refractivity contribution in [3.8, 4) is 5.75 Å². The van der Waals surface area contributed by atoms with Crippen molar-refractivity contribution in [1.82, 2.24) is 10.2 Å². The molecule has 7 atom stereocenters. The Balaban J connectivity index is 1.63. The smallest absolute Gasteiger partial charge is 0.222 e. The van der Waals surface area contributed by atoms with Gasteiger partial charge in [0.2, 0.25) is 11.8 Å². The minimum absolute atomic E-state index is 0.00648. The number of amides is 2. The first-order valence-electron chi connectivity index (χ1n) is 15.1. The number of carbonyl (C=O) groups is 2. The molecule has 3 saturated heterocycles. The molecule has 0 radical (unpaired) electrons. The summed E-state index contributed by atoms with van der Waals surface area (Å²) in [7, 11) is 1.70. The van der Waals surface area contributed by atoms with Gasteiger partial charge in [-0.15, -0.1) is 0 Å². The van der Waals surface area contributed by atoms with Crippen LogP contribution in [0.5, 0.6) is 5.75 Å². The standard InChI is InChI=1S/C35H44N4O3/c1-21(2)25-15-16-28(42-4)26(19-25)20-38-31-27-17-18-39(32(22(3)34(36)40)30(27)35(37)41)33(31)29(23-11-7-5-8-12-23)24-13-9-6-10-14-24/h5-16,19,21-22,27,29-33,38H,17-18,20H2,1-4H3,(H2,36,40)(H2,37,41). The normalized spacial score (nSPS) is 25.9. The van der Waals surface area contributed by atoms with Gasteiger partial charge >= 0.3 is 0 Å². The molecule has 3 fully saturated rings. The van der Waals surface area contributed by atoms with Crippen LogP contribution in [0.1, 0.15) is 61.3 Å². The second-order valence-electron chi connectivity index (χ2n) is 12.2. The van der Waals surface area contributed by atoms with Gasteiger partial charge in [-0.25, -0.2) is 0 Å². The lowest BCUT2D eigenvalue weighted by molar-refractivity contribution is -0.149. The number of ether oxygens (including phenoxy) is 1. The first kappa shape index (κ1) is 29.8. The van der Waals surface area contributed by atoms with E-state index in [1.807, 2.05) is 25.1 Å². The zero-order valence-electron chi connectivity index (χ0n) is 25.1. The average Bonchev–Trinajstić information content (AvgIpc) is 3.00. The molecule has 0 spiro atoms. The molecule has 7 unspecified atom stereocenters. The highest BCUT2D eigenvalue weighted by molar-refractivity contribution is 5.82. The molecule has 0 aliphatic carbocycles. The lowest BCUT2D eigenvalue weighted by Crippen LogP contribution is -2.74. The molecular weight excluding hydrogens is 524 g/mol. The molecule has 3 aromatic carbocycles. The Hall–Kier alpha value is -3.68. The summed E-state index contributed by atoms with van der Waals surface area (Å²) >= 11 is 0. The van der Waals surface area contributed by atoms with Gasteiger partial charge in [0.25, 0.3) is 0 Å². The van der Waals surface area contributed by atoms with Gasteiger partial charge < -0.3 is 21.5 Å². The van der Waals surface area contributed by atoms with E-state index in [1.165, 1.54) is 16.7 Å². The van der Waals surface area contributed by atoms with Crippen LogP contribution in [0.4, 0.5) is 0 Å². The van der Waals surface area contributed by atoms with Gasteiger partial charge in [-0.1, -0.05) is 93.6 Å². The zero-order chi connectivity index (χ0) is 30.0. The van der Waals surface area contributed by atoms with Crippen molar-refractivity contribution >= 4 is 11.8 Å². The topological polar surface area (TPSA) is 111 Å². The van der Waals surface area contributed by atoms with Crippen molar-refractivity contribution in [3.05, 3.63) is 101 Å². The van der Waals surface area contributed by atoms with Crippen LogP contribution in [-0.2, 0) is 16.1 Å². The number of nitrogens with two attached hydrogens (primary N) is 2. The molecule has 3 heterocycles. The Morgan fingerprint density at radius 2 is 1.52 bits per heavy atom. The van der Waals surface area contributed by atoms with Gasteiger partial charge in [-0.2, -0.15) is 0 Å². The molecule has 3 aliphatic heterocycles. The summed E-state index contributed by atoms with van der Waals surface area (Å²) in [5.74, 6) is -0.646. The third kappa shape index (κ3) is 5.68. The Morgan fingerprint density at radius 1 is 0.905 bits per heavy atom. The van der Waals surface area contributed by atoms with E-state index in [2.05, 4.69) is 84.7 Å². The maximum Gasteiger partial charge on any atom is 0.222 e. The van der Waals surface area contributed by atoms with Crippen LogP contribution in [0.3, 0.4) is 0 Å². The minimum Gasteiger partial charge on any atom is -0.496 e. The summed E-state index contributed by atoms with van der Waals surface area (Å²) in [4.78, 5) is 28.1. The minimum atomic E-state index is -0.524. The molecule has 6 rings (SSSR count). The summed E-state index contributed by atoms with van der Waals surface area (Å²) < 4.78 is 5.75. The first-order valence-corrected chi connectivity index (χ1v) is 15.1. The summed E-state index contributed by atoms with van der Waals surface area (Å²) in [6.45, 7) is 7.55. The molecule has 2 amide bonds. The number of methoxy groups -OCH3 is 1. The predicted molar refractivity (Wildman–Crippen MR) is 166 cm³/mol. The predicted octanol–water partition coefficient (Wildman–Crippen LogP) is 4.40. The number of hydrogen-bond acceptors (Lipinski definition) is 5. The second kappa shape index (κ2) is 12.7. The number of fused-ring (bicyclic) bond motifs is 3. The van der Waals surface area contributed by atoms with Crippen molar-refractivity contribution in [1.29, 1.82) is 0 Å². The molecule has 222 valence electrons. The van der Waals surface area contributed by atoms with E-state index in [9.17, 15) is 9.59 Å². The van der Waals surface area contributed by atoms with Crippen molar-refractivity contribution in [2.45, 2.75) is 63.7 Å². The molecule has 7 nitrogen and oxygen atoms in total. The van der Waals surface area contributed by atoms with Crippen molar-refractivity contribution in [2.75, 3.05) is 13.7 Å². The van der Waals surface area contributed by atoms with Gasteiger partial charge in [-0.05, 0) is 47.6 Å². The number of carbonyl (C=O) groups excluding carboxylic acids is 2. The molecule has 2 bridgehead atoms. The summed E-state index contributed by atoms with van der Waals surface area (Å²) in [5, 5.41) is 3.91. The summed E-state index contributed by atoms with van der Waals surface area (Å²) in [6, 6.07) is 26.9. The van der Waals surface area contributed by atoms with E-state index in [4.69, 9.17) is 16.2 Å². The zero-order valence-corrected chi connectivity index (χ0v) is 25.1. The number of hydrogen-bond donors (Lipinski definition) is 3. The Kier molecular flexibility index (Phi) is 8.99. The molecule has 3 aromatic rings. The number of benzene rings is 3. The fourth-order valence-corrected chi connectivity index (χ4v) is 7.54. The largest absolute Gasteiger partial charge is 0.496 e. The number of piperidine rings is 3. The summed E-state index contributed by atoms with van der Waals surface area (Å²) in [6.07, 6.45) is 0.809. The molecule has 0 aromatic heterocycles. The molecule has 42 heavy (non-hydrogen) atoms. The maximum absolute atomic E-state index is 13.1. The molecule has 0 saturated carbocycles. The van der Waals surface area contributed by atoms with E-state index in [0.29, 0.717) is 12.5 Å². The highest BCUT2D eigenvalue weighted by atomic mass is 16.5. The fourth-order valence-electron chi connectivity index (χ4n) is 7.54. The van der Waals surface area contributed by atoms with Crippen LogP contribution in [0.15, 0.2) is 78.9 Å².